The predicted molar refractivity (Wildman–Crippen MR) is 164 cm³/mol. The van der Waals surface area contributed by atoms with Gasteiger partial charge in [0, 0.05) is 16.5 Å². The van der Waals surface area contributed by atoms with Crippen LogP contribution in [0.5, 0.6) is 23.0 Å². The molecule has 0 aliphatic carbocycles. The summed E-state index contributed by atoms with van der Waals surface area (Å²) in [6, 6.07) is 15.7. The summed E-state index contributed by atoms with van der Waals surface area (Å²) in [4.78, 5) is 70.5. The molecule has 0 radical (unpaired) electrons. The molecule has 2 amide bonds. The Morgan fingerprint density at radius 1 is 0.617 bits per heavy atom. The van der Waals surface area contributed by atoms with Crippen molar-refractivity contribution in [2.24, 2.45) is 0 Å². The van der Waals surface area contributed by atoms with Crippen LogP contribution in [0.1, 0.15) is 66.4 Å². The Bertz CT molecular complexity index is 1930. The average molecular weight is 643 g/mol. The summed E-state index contributed by atoms with van der Waals surface area (Å²) in [6.07, 6.45) is 0. The summed E-state index contributed by atoms with van der Waals surface area (Å²) < 4.78 is 9.51. The number of benzene rings is 4. The largest absolute Gasteiger partial charge is 0.506 e. The van der Waals surface area contributed by atoms with E-state index in [9.17, 15) is 49.2 Å². The monoisotopic (exact) mass is 642 g/mol. The van der Waals surface area contributed by atoms with Gasteiger partial charge in [-0.25, -0.2) is 9.59 Å². The van der Waals surface area contributed by atoms with Crippen LogP contribution in [0.2, 0.25) is 0 Å². The van der Waals surface area contributed by atoms with Crippen molar-refractivity contribution in [3.05, 3.63) is 106 Å². The first-order valence-electron chi connectivity index (χ1n) is 13.5. The van der Waals surface area contributed by atoms with Crippen molar-refractivity contribution in [2.45, 2.75) is 19.3 Å². The van der Waals surface area contributed by atoms with Gasteiger partial charge in [0.1, 0.15) is 11.5 Å². The third-order valence-corrected chi connectivity index (χ3v) is 7.23. The summed E-state index contributed by atoms with van der Waals surface area (Å²) in [5.74, 6) is -5.37. The molecule has 240 valence electrons. The smallest absolute Gasteiger partial charge is 0.336 e. The lowest BCUT2D eigenvalue weighted by Crippen LogP contribution is -2.21. The molecule has 4 rings (SSSR count). The molecule has 0 bridgehead atoms. The highest BCUT2D eigenvalue weighted by Crippen LogP contribution is 2.39. The highest BCUT2D eigenvalue weighted by atomic mass is 16.6. The number of aromatic hydroxyl groups is 2. The van der Waals surface area contributed by atoms with Crippen LogP contribution in [0.3, 0.4) is 0 Å². The number of ether oxygens (including phenoxy) is 2. The number of amides is 2. The highest BCUT2D eigenvalue weighted by molar-refractivity contribution is 6.09. The van der Waals surface area contributed by atoms with Gasteiger partial charge in [0.25, 0.3) is 24.8 Å². The SMILES string of the molecule is CC(C)(c1ccc(O)c(NC(=O)c2ccc(OC=O)c(OC=O)c2)c1)c1ccc(O)c(NC(=O)c2ccc(C(=O)O)c(C(=O)O)c2)c1. The number of carboxylic acid groups (broad SMARTS) is 2. The van der Waals surface area contributed by atoms with Crippen molar-refractivity contribution in [2.75, 3.05) is 10.6 Å². The first-order chi connectivity index (χ1) is 22.3. The number of nitrogens with one attached hydrogen (secondary N) is 2. The van der Waals surface area contributed by atoms with Gasteiger partial charge in [0.05, 0.1) is 22.5 Å². The topological polar surface area (TPSA) is 226 Å². The maximum Gasteiger partial charge on any atom is 0.336 e. The van der Waals surface area contributed by atoms with Crippen LogP contribution in [0.25, 0.3) is 0 Å². The van der Waals surface area contributed by atoms with Gasteiger partial charge in [-0.05, 0) is 71.8 Å². The van der Waals surface area contributed by atoms with Gasteiger partial charge in [0.15, 0.2) is 11.5 Å². The van der Waals surface area contributed by atoms with Gasteiger partial charge in [0.2, 0.25) is 0 Å². The molecule has 4 aromatic carbocycles. The summed E-state index contributed by atoms with van der Waals surface area (Å²) in [6.45, 7) is 3.84. The Morgan fingerprint density at radius 2 is 1.09 bits per heavy atom. The number of phenols is 2. The Hall–Kier alpha value is -6.70. The summed E-state index contributed by atoms with van der Waals surface area (Å²) in [7, 11) is 0. The van der Waals surface area contributed by atoms with Gasteiger partial charge in [-0.1, -0.05) is 26.0 Å². The molecule has 0 atom stereocenters. The van der Waals surface area contributed by atoms with Gasteiger partial charge in [-0.3, -0.25) is 19.2 Å². The molecule has 0 unspecified atom stereocenters. The zero-order valence-corrected chi connectivity index (χ0v) is 24.6. The minimum Gasteiger partial charge on any atom is -0.506 e. The van der Waals surface area contributed by atoms with E-state index in [2.05, 4.69) is 10.6 Å². The third kappa shape index (κ3) is 7.17. The molecule has 0 saturated carbocycles. The minimum absolute atomic E-state index is 0.0103. The van der Waals surface area contributed by atoms with E-state index in [1.54, 1.807) is 12.1 Å². The number of carbonyl (C=O) groups is 6. The number of rotatable bonds is 12. The number of aromatic carboxylic acids is 2. The van der Waals surface area contributed by atoms with Gasteiger partial charge >= 0.3 is 11.9 Å². The molecule has 0 saturated heterocycles. The summed E-state index contributed by atoms with van der Waals surface area (Å²) in [5, 5.41) is 44.7. The van der Waals surface area contributed by atoms with Crippen molar-refractivity contribution in [1.29, 1.82) is 0 Å². The Kier molecular flexibility index (Phi) is 9.55. The average Bonchev–Trinajstić information content (AvgIpc) is 3.03. The van der Waals surface area contributed by atoms with Gasteiger partial charge < -0.3 is 40.5 Å². The Labute approximate surface area is 265 Å². The fourth-order valence-corrected chi connectivity index (χ4v) is 4.60. The molecule has 47 heavy (non-hydrogen) atoms. The molecule has 0 heterocycles. The number of hydrogen-bond acceptors (Lipinski definition) is 10. The quantitative estimate of drug-likeness (QED) is 0.0934. The lowest BCUT2D eigenvalue weighted by atomic mass is 9.77. The van der Waals surface area contributed by atoms with Crippen molar-refractivity contribution >= 4 is 48.1 Å². The normalized spacial score (nSPS) is 10.8. The molecule has 0 fully saturated rings. The van der Waals surface area contributed by atoms with Crippen LogP contribution in [-0.4, -0.2) is 57.1 Å². The molecule has 0 aliphatic rings. The van der Waals surface area contributed by atoms with Crippen LogP contribution in [0, 0.1) is 0 Å². The van der Waals surface area contributed by atoms with E-state index in [0.29, 0.717) is 11.1 Å². The van der Waals surface area contributed by atoms with Crippen molar-refractivity contribution in [3.63, 3.8) is 0 Å². The van der Waals surface area contributed by atoms with Gasteiger partial charge in [-0.15, -0.1) is 0 Å². The lowest BCUT2D eigenvalue weighted by molar-refractivity contribution is -0.123. The molecule has 0 spiro atoms. The number of carboxylic acids is 2. The molecule has 6 N–H and O–H groups in total. The molecular weight excluding hydrogens is 616 g/mol. The molecule has 14 heteroatoms. The Morgan fingerprint density at radius 3 is 1.57 bits per heavy atom. The predicted octanol–water partition coefficient (Wildman–Crippen LogP) is 4.40. The zero-order chi connectivity index (χ0) is 34.5. The van der Waals surface area contributed by atoms with E-state index >= 15 is 0 Å². The second-order valence-electron chi connectivity index (χ2n) is 10.5. The molecule has 0 aliphatic heterocycles. The van der Waals surface area contributed by atoms with E-state index in [0.717, 1.165) is 18.2 Å². The van der Waals surface area contributed by atoms with Crippen LogP contribution in [0.15, 0.2) is 72.8 Å². The van der Waals surface area contributed by atoms with Crippen molar-refractivity contribution in [3.8, 4) is 23.0 Å². The van der Waals surface area contributed by atoms with E-state index in [-0.39, 0.29) is 58.4 Å². The van der Waals surface area contributed by atoms with Crippen LogP contribution in [0.4, 0.5) is 11.4 Å². The number of hydrogen-bond donors (Lipinski definition) is 6. The number of phenolic OH excluding ortho intramolecular Hbond substituents is 2. The standard InChI is InChI=1S/C33H26N2O12/c1-33(2,19-5-8-25(38)23(13-19)34-29(40)17-3-7-21(31(42)43)22(11-17)32(44)45)20-6-9-26(39)24(14-20)35-30(41)18-4-10-27(46-15-36)28(12-18)47-16-37/h3-16,38-39H,1-2H3,(H,34,40)(H,35,41)(H,42,43)(H,44,45). The van der Waals surface area contributed by atoms with Crippen LogP contribution in [-0.2, 0) is 15.0 Å². The van der Waals surface area contributed by atoms with E-state index < -0.39 is 40.3 Å². The fraction of sp³-hybridized carbons (Fsp3) is 0.0909. The molecule has 4 aromatic rings. The summed E-state index contributed by atoms with van der Waals surface area (Å²) >= 11 is 0. The summed E-state index contributed by atoms with van der Waals surface area (Å²) in [5.41, 5.74) is -0.936. The minimum atomic E-state index is -1.54. The van der Waals surface area contributed by atoms with E-state index in [1.165, 1.54) is 42.5 Å². The Balaban J connectivity index is 1.61. The third-order valence-electron chi connectivity index (χ3n) is 7.23. The first-order valence-corrected chi connectivity index (χ1v) is 13.5. The molecule has 14 nitrogen and oxygen atoms in total. The zero-order valence-electron chi connectivity index (χ0n) is 24.6. The lowest BCUT2D eigenvalue weighted by Gasteiger charge is -2.28. The maximum atomic E-state index is 13.0. The fourth-order valence-electron chi connectivity index (χ4n) is 4.60. The van der Waals surface area contributed by atoms with Gasteiger partial charge in [-0.2, -0.15) is 0 Å². The van der Waals surface area contributed by atoms with Crippen LogP contribution < -0.4 is 20.1 Å². The molecule has 0 aromatic heterocycles. The maximum absolute atomic E-state index is 13.0. The van der Waals surface area contributed by atoms with E-state index in [1.807, 2.05) is 13.8 Å². The second kappa shape index (κ2) is 13.5. The van der Waals surface area contributed by atoms with Crippen molar-refractivity contribution < 1.29 is 58.7 Å². The molecular formula is C33H26N2O12. The van der Waals surface area contributed by atoms with Crippen molar-refractivity contribution in [1.82, 2.24) is 0 Å². The highest BCUT2D eigenvalue weighted by Gasteiger charge is 2.27. The van der Waals surface area contributed by atoms with Crippen LogP contribution >= 0.6 is 0 Å². The first kappa shape index (κ1) is 33.2. The number of carbonyl (C=O) groups excluding carboxylic acids is 4. The second-order valence-corrected chi connectivity index (χ2v) is 10.5. The number of anilines is 2. The van der Waals surface area contributed by atoms with E-state index in [4.69, 9.17) is 9.47 Å².